The fourth-order valence-electron chi connectivity index (χ4n) is 0.826. The van der Waals surface area contributed by atoms with Gasteiger partial charge in [-0.1, -0.05) is 0 Å². The molecule has 0 aromatic carbocycles. The summed E-state index contributed by atoms with van der Waals surface area (Å²) >= 11 is 0. The van der Waals surface area contributed by atoms with Crippen LogP contribution in [0.25, 0.3) is 0 Å². The second-order valence-corrected chi connectivity index (χ2v) is 3.39. The number of hydrogen-bond acceptors (Lipinski definition) is 4. The Hall–Kier alpha value is -0.160. The molecule has 1 unspecified atom stereocenters. The van der Waals surface area contributed by atoms with E-state index in [1.807, 2.05) is 13.8 Å². The molecule has 2 atom stereocenters. The minimum Gasteiger partial charge on any atom is -0.382 e. The number of nitrogens with two attached hydrogens (primary N) is 1. The van der Waals surface area contributed by atoms with Gasteiger partial charge in [0.2, 0.25) is 0 Å². The molecule has 0 saturated carbocycles. The van der Waals surface area contributed by atoms with Crippen LogP contribution >= 0.6 is 0 Å². The zero-order chi connectivity index (χ0) is 10.8. The van der Waals surface area contributed by atoms with Gasteiger partial charge in [-0.15, -0.1) is 0 Å². The third kappa shape index (κ3) is 8.44. The maximum Gasteiger partial charge on any atom is 0.0700 e. The third-order valence-corrected chi connectivity index (χ3v) is 1.99. The molecule has 0 aromatic rings. The second kappa shape index (κ2) is 9.40. The Bertz CT molecular complexity index is 120. The standard InChI is InChI=1S/C10H23NO3/c1-9(11)10(2)14-6-4-5-13-8-7-12-3/h9-10H,4-8,11H2,1-3H3/t9-,10?/m1/s1. The van der Waals surface area contributed by atoms with Gasteiger partial charge < -0.3 is 19.9 Å². The van der Waals surface area contributed by atoms with E-state index in [1.54, 1.807) is 7.11 Å². The molecule has 0 radical (unpaired) electrons. The summed E-state index contributed by atoms with van der Waals surface area (Å²) in [4.78, 5) is 0. The van der Waals surface area contributed by atoms with Gasteiger partial charge in [0.1, 0.15) is 0 Å². The molecule has 0 spiro atoms. The maximum absolute atomic E-state index is 5.64. The van der Waals surface area contributed by atoms with E-state index in [2.05, 4.69) is 0 Å². The van der Waals surface area contributed by atoms with E-state index in [0.717, 1.165) is 13.0 Å². The van der Waals surface area contributed by atoms with Crippen molar-refractivity contribution in [1.82, 2.24) is 0 Å². The molecule has 86 valence electrons. The van der Waals surface area contributed by atoms with Crippen molar-refractivity contribution < 1.29 is 14.2 Å². The molecule has 0 aliphatic heterocycles. The smallest absolute Gasteiger partial charge is 0.0700 e. The molecule has 0 bridgehead atoms. The SMILES string of the molecule is COCCOCCCOC(C)[C@@H](C)N. The highest BCUT2D eigenvalue weighted by atomic mass is 16.5. The molecule has 2 N–H and O–H groups in total. The fraction of sp³-hybridized carbons (Fsp3) is 1.00. The Kier molecular flexibility index (Phi) is 9.29. The molecule has 0 fully saturated rings. The Morgan fingerprint density at radius 2 is 1.79 bits per heavy atom. The molecule has 14 heavy (non-hydrogen) atoms. The summed E-state index contributed by atoms with van der Waals surface area (Å²) in [5.74, 6) is 0. The zero-order valence-electron chi connectivity index (χ0n) is 9.49. The largest absolute Gasteiger partial charge is 0.382 e. The van der Waals surface area contributed by atoms with Gasteiger partial charge in [-0.25, -0.2) is 0 Å². The van der Waals surface area contributed by atoms with Crippen molar-refractivity contribution in [3.8, 4) is 0 Å². The van der Waals surface area contributed by atoms with Crippen LogP contribution in [0.4, 0.5) is 0 Å². The van der Waals surface area contributed by atoms with Crippen molar-refractivity contribution >= 4 is 0 Å². The lowest BCUT2D eigenvalue weighted by atomic mass is 10.2. The minimum absolute atomic E-state index is 0.0874. The lowest BCUT2D eigenvalue weighted by Gasteiger charge is -2.16. The average Bonchev–Trinajstić information content (AvgIpc) is 2.16. The predicted octanol–water partition coefficient (Wildman–Crippen LogP) is 0.792. The van der Waals surface area contributed by atoms with E-state index in [1.165, 1.54) is 0 Å². The van der Waals surface area contributed by atoms with Crippen molar-refractivity contribution in [3.05, 3.63) is 0 Å². The first kappa shape index (κ1) is 13.8. The minimum atomic E-state index is 0.0874. The molecule has 0 aliphatic carbocycles. The van der Waals surface area contributed by atoms with E-state index >= 15 is 0 Å². The van der Waals surface area contributed by atoms with Crippen molar-refractivity contribution in [2.45, 2.75) is 32.4 Å². The topological polar surface area (TPSA) is 53.7 Å². The van der Waals surface area contributed by atoms with Crippen molar-refractivity contribution in [3.63, 3.8) is 0 Å². The lowest BCUT2D eigenvalue weighted by Crippen LogP contribution is -2.31. The molecule has 0 saturated heterocycles. The molecule has 0 rings (SSSR count). The monoisotopic (exact) mass is 205 g/mol. The van der Waals surface area contributed by atoms with Gasteiger partial charge in [-0.05, 0) is 20.3 Å². The van der Waals surface area contributed by atoms with E-state index in [-0.39, 0.29) is 12.1 Å². The zero-order valence-corrected chi connectivity index (χ0v) is 9.49. The van der Waals surface area contributed by atoms with E-state index in [4.69, 9.17) is 19.9 Å². The Morgan fingerprint density at radius 3 is 2.36 bits per heavy atom. The van der Waals surface area contributed by atoms with Crippen LogP contribution in [-0.2, 0) is 14.2 Å². The first-order chi connectivity index (χ1) is 6.68. The number of ether oxygens (including phenoxy) is 3. The predicted molar refractivity (Wildman–Crippen MR) is 56.4 cm³/mol. The van der Waals surface area contributed by atoms with Crippen molar-refractivity contribution in [1.29, 1.82) is 0 Å². The second-order valence-electron chi connectivity index (χ2n) is 3.39. The van der Waals surface area contributed by atoms with Crippen LogP contribution in [0.1, 0.15) is 20.3 Å². The third-order valence-electron chi connectivity index (χ3n) is 1.99. The van der Waals surface area contributed by atoms with Crippen LogP contribution in [0, 0.1) is 0 Å². The van der Waals surface area contributed by atoms with Gasteiger partial charge in [-0.3, -0.25) is 0 Å². The molecule has 4 nitrogen and oxygen atoms in total. The van der Waals surface area contributed by atoms with Gasteiger partial charge in [0.05, 0.1) is 19.3 Å². The molecule has 0 aliphatic rings. The first-order valence-electron chi connectivity index (χ1n) is 5.12. The van der Waals surface area contributed by atoms with E-state index < -0.39 is 0 Å². The van der Waals surface area contributed by atoms with Gasteiger partial charge in [-0.2, -0.15) is 0 Å². The molecule has 0 aromatic heterocycles. The molecule has 4 heteroatoms. The van der Waals surface area contributed by atoms with Crippen LogP contribution in [0.15, 0.2) is 0 Å². The normalized spacial score (nSPS) is 15.4. The summed E-state index contributed by atoms with van der Waals surface area (Å²) < 4.78 is 15.6. The van der Waals surface area contributed by atoms with Gasteiger partial charge in [0.15, 0.2) is 0 Å². The molecular weight excluding hydrogens is 182 g/mol. The van der Waals surface area contributed by atoms with Gasteiger partial charge in [0, 0.05) is 26.4 Å². The van der Waals surface area contributed by atoms with Crippen LogP contribution in [0.2, 0.25) is 0 Å². The number of methoxy groups -OCH3 is 1. The van der Waals surface area contributed by atoms with Gasteiger partial charge >= 0.3 is 0 Å². The summed E-state index contributed by atoms with van der Waals surface area (Å²) in [7, 11) is 1.66. The molecule has 0 heterocycles. The van der Waals surface area contributed by atoms with Crippen LogP contribution in [0.3, 0.4) is 0 Å². The Labute approximate surface area is 86.7 Å². The quantitative estimate of drug-likeness (QED) is 0.565. The fourth-order valence-corrected chi connectivity index (χ4v) is 0.826. The maximum atomic E-state index is 5.64. The molecule has 0 amide bonds. The highest BCUT2D eigenvalue weighted by Crippen LogP contribution is 1.96. The van der Waals surface area contributed by atoms with E-state index in [9.17, 15) is 0 Å². The Balaban J connectivity index is 3.06. The van der Waals surface area contributed by atoms with Crippen LogP contribution < -0.4 is 5.73 Å². The van der Waals surface area contributed by atoms with E-state index in [0.29, 0.717) is 19.8 Å². The average molecular weight is 205 g/mol. The Morgan fingerprint density at radius 1 is 1.07 bits per heavy atom. The van der Waals surface area contributed by atoms with Crippen molar-refractivity contribution in [2.75, 3.05) is 33.5 Å². The van der Waals surface area contributed by atoms with Crippen LogP contribution in [-0.4, -0.2) is 45.7 Å². The summed E-state index contributed by atoms with van der Waals surface area (Å²) in [5.41, 5.74) is 5.64. The first-order valence-corrected chi connectivity index (χ1v) is 5.12. The molecular formula is C10H23NO3. The number of hydrogen-bond donors (Lipinski definition) is 1. The summed E-state index contributed by atoms with van der Waals surface area (Å²) in [6, 6.07) is 0.0874. The van der Waals surface area contributed by atoms with Gasteiger partial charge in [0.25, 0.3) is 0 Å². The summed E-state index contributed by atoms with van der Waals surface area (Å²) in [5, 5.41) is 0. The lowest BCUT2D eigenvalue weighted by molar-refractivity contribution is 0.0232. The van der Waals surface area contributed by atoms with Crippen LogP contribution in [0.5, 0.6) is 0 Å². The highest BCUT2D eigenvalue weighted by Gasteiger charge is 2.06. The highest BCUT2D eigenvalue weighted by molar-refractivity contribution is 4.61. The van der Waals surface area contributed by atoms with Crippen molar-refractivity contribution in [2.24, 2.45) is 5.73 Å². The number of rotatable bonds is 9. The summed E-state index contributed by atoms with van der Waals surface area (Å²) in [6.07, 6.45) is 1.02. The summed E-state index contributed by atoms with van der Waals surface area (Å²) in [6.45, 7) is 6.65.